The smallest absolute Gasteiger partial charge is 0.223 e. The summed E-state index contributed by atoms with van der Waals surface area (Å²) in [5.41, 5.74) is 18.1. The lowest BCUT2D eigenvalue weighted by atomic mass is 10.2. The van der Waals surface area contributed by atoms with Gasteiger partial charge in [0.2, 0.25) is 5.96 Å². The van der Waals surface area contributed by atoms with E-state index in [0.717, 1.165) is 12.2 Å². The zero-order valence-electron chi connectivity index (χ0n) is 10.9. The predicted molar refractivity (Wildman–Crippen MR) is 78.0 cm³/mol. The summed E-state index contributed by atoms with van der Waals surface area (Å²) in [7, 11) is 0. The van der Waals surface area contributed by atoms with Crippen molar-refractivity contribution < 1.29 is 0 Å². The Balaban J connectivity index is 2.08. The Kier molecular flexibility index (Phi) is 4.35. The van der Waals surface area contributed by atoms with E-state index in [1.807, 2.05) is 18.2 Å². The van der Waals surface area contributed by atoms with Crippen LogP contribution in [0.5, 0.6) is 0 Å². The van der Waals surface area contributed by atoms with Crippen LogP contribution in [0.1, 0.15) is 18.4 Å². The third kappa shape index (κ3) is 4.26. The molecular formula is C13H20N6. The molecule has 1 heterocycles. The molecule has 0 radical (unpaired) electrons. The Morgan fingerprint density at radius 3 is 2.58 bits per heavy atom. The molecule has 19 heavy (non-hydrogen) atoms. The summed E-state index contributed by atoms with van der Waals surface area (Å²) < 4.78 is 0. The molecule has 6 heteroatoms. The molecule has 6 nitrogen and oxygen atoms in total. The van der Waals surface area contributed by atoms with Crippen LogP contribution in [0.3, 0.4) is 0 Å². The highest BCUT2D eigenvalue weighted by molar-refractivity contribution is 5.93. The van der Waals surface area contributed by atoms with Gasteiger partial charge in [-0.25, -0.2) is 4.99 Å². The number of nitrogens with two attached hydrogens (primary N) is 3. The summed E-state index contributed by atoms with van der Waals surface area (Å²) in [5.74, 6) is -0.0206. The fourth-order valence-electron chi connectivity index (χ4n) is 2.21. The van der Waals surface area contributed by atoms with Crippen LogP contribution >= 0.6 is 0 Å². The molecule has 0 unspecified atom stereocenters. The second-order valence-corrected chi connectivity index (χ2v) is 4.66. The Hall–Kier alpha value is -2.08. The molecule has 1 aromatic carbocycles. The molecule has 102 valence electrons. The highest BCUT2D eigenvalue weighted by atomic mass is 15.1. The number of rotatable bonds is 3. The van der Waals surface area contributed by atoms with Gasteiger partial charge in [0, 0.05) is 6.54 Å². The fraction of sp³-hybridized carbons (Fsp3) is 0.385. The molecule has 1 aliphatic heterocycles. The molecule has 0 spiro atoms. The topological polar surface area (TPSA) is 106 Å². The molecule has 1 aliphatic rings. The first-order chi connectivity index (χ1) is 9.13. The van der Waals surface area contributed by atoms with Crippen LogP contribution < -0.4 is 17.2 Å². The molecule has 0 bridgehead atoms. The van der Waals surface area contributed by atoms with E-state index in [2.05, 4.69) is 21.0 Å². The maximum atomic E-state index is 5.61. The van der Waals surface area contributed by atoms with E-state index in [9.17, 15) is 0 Å². The number of guanidine groups is 2. The Bertz CT molecular complexity index is 484. The van der Waals surface area contributed by atoms with Crippen LogP contribution in [0.25, 0.3) is 0 Å². The van der Waals surface area contributed by atoms with E-state index in [1.165, 1.54) is 31.5 Å². The van der Waals surface area contributed by atoms with Crippen LogP contribution in [0.15, 0.2) is 34.3 Å². The summed E-state index contributed by atoms with van der Waals surface area (Å²) in [6.07, 6.45) is 2.57. The maximum absolute atomic E-state index is 5.61. The lowest BCUT2D eigenvalue weighted by Gasteiger charge is -2.14. The van der Waals surface area contributed by atoms with E-state index in [1.54, 1.807) is 0 Å². The van der Waals surface area contributed by atoms with Crippen LogP contribution in [0.2, 0.25) is 0 Å². The normalized spacial score (nSPS) is 16.5. The Morgan fingerprint density at radius 1 is 1.16 bits per heavy atom. The first-order valence-electron chi connectivity index (χ1n) is 6.38. The third-order valence-corrected chi connectivity index (χ3v) is 3.00. The summed E-state index contributed by atoms with van der Waals surface area (Å²) in [6, 6.07) is 7.94. The van der Waals surface area contributed by atoms with Gasteiger partial charge in [-0.3, -0.25) is 4.90 Å². The van der Waals surface area contributed by atoms with E-state index in [4.69, 9.17) is 17.2 Å². The van der Waals surface area contributed by atoms with E-state index < -0.39 is 0 Å². The molecule has 0 atom stereocenters. The first-order valence-corrected chi connectivity index (χ1v) is 6.38. The van der Waals surface area contributed by atoms with Crippen LogP contribution in [0.4, 0.5) is 5.69 Å². The van der Waals surface area contributed by atoms with Gasteiger partial charge < -0.3 is 17.2 Å². The van der Waals surface area contributed by atoms with Gasteiger partial charge in [-0.1, -0.05) is 12.1 Å². The highest BCUT2D eigenvalue weighted by Crippen LogP contribution is 2.18. The van der Waals surface area contributed by atoms with Gasteiger partial charge in [0.15, 0.2) is 5.96 Å². The number of hydrogen-bond donors (Lipinski definition) is 3. The lowest BCUT2D eigenvalue weighted by Crippen LogP contribution is -2.26. The van der Waals surface area contributed by atoms with Crippen molar-refractivity contribution in [1.82, 2.24) is 4.90 Å². The van der Waals surface area contributed by atoms with Crippen LogP contribution in [-0.2, 0) is 6.54 Å². The third-order valence-electron chi connectivity index (χ3n) is 3.00. The van der Waals surface area contributed by atoms with Crippen molar-refractivity contribution >= 4 is 17.6 Å². The molecule has 0 aliphatic carbocycles. The Morgan fingerprint density at radius 2 is 1.89 bits per heavy atom. The van der Waals surface area contributed by atoms with Crippen molar-refractivity contribution in [3.8, 4) is 0 Å². The lowest BCUT2D eigenvalue weighted by molar-refractivity contribution is 0.331. The molecule has 0 aromatic heterocycles. The minimum Gasteiger partial charge on any atom is -0.370 e. The molecule has 1 saturated heterocycles. The number of hydrogen-bond acceptors (Lipinski definition) is 2. The maximum Gasteiger partial charge on any atom is 0.223 e. The SMILES string of the molecule is NC(N)=NC(N)=Nc1cccc(CN2CCCC2)c1. The van der Waals surface area contributed by atoms with E-state index in [-0.39, 0.29) is 11.9 Å². The zero-order chi connectivity index (χ0) is 13.7. The summed E-state index contributed by atoms with van der Waals surface area (Å²) >= 11 is 0. The Labute approximate surface area is 113 Å². The number of benzene rings is 1. The van der Waals surface area contributed by atoms with Gasteiger partial charge in [0.1, 0.15) is 0 Å². The van der Waals surface area contributed by atoms with Gasteiger partial charge in [-0.15, -0.1) is 0 Å². The van der Waals surface area contributed by atoms with Crippen molar-refractivity contribution in [2.45, 2.75) is 19.4 Å². The van der Waals surface area contributed by atoms with Crippen molar-refractivity contribution in [1.29, 1.82) is 0 Å². The fourth-order valence-corrected chi connectivity index (χ4v) is 2.21. The molecule has 0 amide bonds. The summed E-state index contributed by atoms with van der Waals surface area (Å²) in [6.45, 7) is 3.29. The van der Waals surface area contributed by atoms with Gasteiger partial charge in [-0.2, -0.15) is 4.99 Å². The van der Waals surface area contributed by atoms with Crippen molar-refractivity contribution in [2.75, 3.05) is 13.1 Å². The van der Waals surface area contributed by atoms with Gasteiger partial charge in [0.05, 0.1) is 5.69 Å². The highest BCUT2D eigenvalue weighted by Gasteiger charge is 2.11. The average Bonchev–Trinajstić information content (AvgIpc) is 2.81. The largest absolute Gasteiger partial charge is 0.370 e. The average molecular weight is 260 g/mol. The number of aliphatic imine (C=N–C) groups is 2. The standard InChI is InChI=1S/C13H20N6/c14-12(15)18-13(16)17-11-5-3-4-10(8-11)9-19-6-1-2-7-19/h3-5,8H,1-2,6-7,9H2,(H6,14,15,16,17,18). The zero-order valence-corrected chi connectivity index (χ0v) is 10.9. The minimum atomic E-state index is -0.0885. The van der Waals surface area contributed by atoms with Gasteiger partial charge in [0.25, 0.3) is 0 Å². The molecule has 1 fully saturated rings. The van der Waals surface area contributed by atoms with Crippen molar-refractivity contribution in [3.63, 3.8) is 0 Å². The monoisotopic (exact) mass is 260 g/mol. The van der Waals surface area contributed by atoms with Crippen molar-refractivity contribution in [3.05, 3.63) is 29.8 Å². The van der Waals surface area contributed by atoms with Crippen LogP contribution in [-0.4, -0.2) is 29.9 Å². The van der Waals surface area contributed by atoms with Crippen LogP contribution in [0, 0.1) is 0 Å². The van der Waals surface area contributed by atoms with Crippen molar-refractivity contribution in [2.24, 2.45) is 27.2 Å². The summed E-state index contributed by atoms with van der Waals surface area (Å²) in [4.78, 5) is 10.3. The molecule has 0 saturated carbocycles. The molecule has 1 aromatic rings. The van der Waals surface area contributed by atoms with Gasteiger partial charge in [-0.05, 0) is 43.6 Å². The molecular weight excluding hydrogens is 240 g/mol. The van der Waals surface area contributed by atoms with E-state index >= 15 is 0 Å². The first kappa shape index (κ1) is 13.4. The number of nitrogens with zero attached hydrogens (tertiary/aromatic N) is 3. The second kappa shape index (κ2) is 6.19. The van der Waals surface area contributed by atoms with Gasteiger partial charge >= 0.3 is 0 Å². The van der Waals surface area contributed by atoms with E-state index in [0.29, 0.717) is 0 Å². The number of likely N-dealkylation sites (tertiary alicyclic amines) is 1. The minimum absolute atomic E-state index is 0.0679. The molecule has 2 rings (SSSR count). The quantitative estimate of drug-likeness (QED) is 0.543. The summed E-state index contributed by atoms with van der Waals surface area (Å²) in [5, 5.41) is 0. The predicted octanol–water partition coefficient (Wildman–Crippen LogP) is 0.502. The molecule has 6 N–H and O–H groups in total. The second-order valence-electron chi connectivity index (χ2n) is 4.66.